The Morgan fingerprint density at radius 1 is 1.17 bits per heavy atom. The summed E-state index contributed by atoms with van der Waals surface area (Å²) in [6.07, 6.45) is 0. The highest BCUT2D eigenvalue weighted by Crippen LogP contribution is 2.43. The average Bonchev–Trinajstić information content (AvgIpc) is 3.37. The number of nitro groups is 1. The highest BCUT2D eigenvalue weighted by molar-refractivity contribution is 7.17. The van der Waals surface area contributed by atoms with Crippen molar-refractivity contribution in [2.45, 2.75) is 26.8 Å². The molecular weight excluding hydrogens is 486 g/mol. The van der Waals surface area contributed by atoms with Crippen LogP contribution in [0.1, 0.15) is 54.2 Å². The lowest BCUT2D eigenvalue weighted by Gasteiger charge is -2.22. The summed E-state index contributed by atoms with van der Waals surface area (Å²) in [6.45, 7) is 5.34. The third-order valence-electron chi connectivity index (χ3n) is 6.25. The van der Waals surface area contributed by atoms with Gasteiger partial charge >= 0.3 is 5.97 Å². The SMILES string of the molecule is COC(=O)c1sc(N2C(=O)c3oc4cc(C)c(C)cc4c(=O)c3C2c2cccc([N+](=O)[O-])c2)nc1C. The molecule has 182 valence electrons. The van der Waals surface area contributed by atoms with E-state index in [1.807, 2.05) is 13.8 Å². The number of benzene rings is 2. The Labute approximate surface area is 207 Å². The number of esters is 1. The van der Waals surface area contributed by atoms with Crippen LogP contribution in [-0.4, -0.2) is 28.9 Å². The molecule has 10 nitrogen and oxygen atoms in total. The van der Waals surface area contributed by atoms with E-state index >= 15 is 0 Å². The van der Waals surface area contributed by atoms with Gasteiger partial charge < -0.3 is 9.15 Å². The second-order valence-corrected chi connectivity index (χ2v) is 9.42. The number of non-ortho nitro benzene ring substituents is 1. The van der Waals surface area contributed by atoms with Gasteiger partial charge in [-0.1, -0.05) is 23.5 Å². The van der Waals surface area contributed by atoms with E-state index in [0.29, 0.717) is 16.6 Å². The topological polar surface area (TPSA) is 133 Å². The Hall–Kier alpha value is -4.38. The molecule has 1 aliphatic rings. The van der Waals surface area contributed by atoms with Crippen LogP contribution < -0.4 is 10.3 Å². The molecule has 11 heteroatoms. The molecule has 0 saturated carbocycles. The first-order chi connectivity index (χ1) is 17.1. The van der Waals surface area contributed by atoms with E-state index in [1.165, 1.54) is 30.2 Å². The smallest absolute Gasteiger partial charge is 0.350 e. The summed E-state index contributed by atoms with van der Waals surface area (Å²) >= 11 is 0.930. The second kappa shape index (κ2) is 8.38. The number of nitrogens with zero attached hydrogens (tertiary/aromatic N) is 3. The van der Waals surface area contributed by atoms with E-state index in [4.69, 9.17) is 9.15 Å². The van der Waals surface area contributed by atoms with Crippen LogP contribution in [0.5, 0.6) is 0 Å². The van der Waals surface area contributed by atoms with Crippen molar-refractivity contribution in [2.75, 3.05) is 12.0 Å². The first-order valence-electron chi connectivity index (χ1n) is 10.8. The van der Waals surface area contributed by atoms with Gasteiger partial charge in [-0.05, 0) is 49.6 Å². The second-order valence-electron chi connectivity index (χ2n) is 8.44. The number of methoxy groups -OCH3 is 1. The molecule has 4 aromatic rings. The predicted octanol–water partition coefficient (Wildman–Crippen LogP) is 4.62. The van der Waals surface area contributed by atoms with Crippen LogP contribution >= 0.6 is 11.3 Å². The van der Waals surface area contributed by atoms with Crippen LogP contribution in [0.25, 0.3) is 11.0 Å². The Bertz CT molecular complexity index is 1670. The van der Waals surface area contributed by atoms with Gasteiger partial charge in [0.25, 0.3) is 11.6 Å². The number of aryl methyl sites for hydroxylation is 3. The molecule has 5 rings (SSSR count). The van der Waals surface area contributed by atoms with Gasteiger partial charge in [-0.3, -0.25) is 24.6 Å². The fourth-order valence-corrected chi connectivity index (χ4v) is 5.33. The fraction of sp³-hybridized carbons (Fsp3) is 0.200. The van der Waals surface area contributed by atoms with E-state index in [2.05, 4.69) is 4.98 Å². The number of aromatic nitrogens is 1. The number of fused-ring (bicyclic) bond motifs is 2. The van der Waals surface area contributed by atoms with Crippen LogP contribution in [0.2, 0.25) is 0 Å². The van der Waals surface area contributed by atoms with Crippen molar-refractivity contribution in [1.29, 1.82) is 0 Å². The zero-order chi connectivity index (χ0) is 25.9. The molecule has 3 heterocycles. The normalized spacial score (nSPS) is 14.8. The van der Waals surface area contributed by atoms with Gasteiger partial charge in [-0.15, -0.1) is 0 Å². The molecule has 0 fully saturated rings. The molecule has 36 heavy (non-hydrogen) atoms. The summed E-state index contributed by atoms with van der Waals surface area (Å²) in [4.78, 5) is 56.5. The van der Waals surface area contributed by atoms with E-state index in [-0.39, 0.29) is 32.6 Å². The van der Waals surface area contributed by atoms with E-state index in [1.54, 1.807) is 25.1 Å². The lowest BCUT2D eigenvalue weighted by Crippen LogP contribution is -2.29. The number of amides is 1. The van der Waals surface area contributed by atoms with Crippen molar-refractivity contribution in [1.82, 2.24) is 4.98 Å². The zero-order valence-electron chi connectivity index (χ0n) is 19.6. The maximum atomic E-state index is 13.8. The number of thiazole rings is 1. The van der Waals surface area contributed by atoms with Crippen molar-refractivity contribution in [3.8, 4) is 0 Å². The first-order valence-corrected chi connectivity index (χ1v) is 11.7. The van der Waals surface area contributed by atoms with Crippen molar-refractivity contribution in [3.63, 3.8) is 0 Å². The minimum atomic E-state index is -1.05. The predicted molar refractivity (Wildman–Crippen MR) is 132 cm³/mol. The number of rotatable bonds is 4. The van der Waals surface area contributed by atoms with E-state index < -0.39 is 28.3 Å². The minimum absolute atomic E-state index is 0.0590. The van der Waals surface area contributed by atoms with E-state index in [9.17, 15) is 24.5 Å². The Balaban J connectivity index is 1.81. The van der Waals surface area contributed by atoms with Gasteiger partial charge in [-0.2, -0.15) is 0 Å². The summed E-state index contributed by atoms with van der Waals surface area (Å²) in [7, 11) is 1.24. The molecule has 0 bridgehead atoms. The van der Waals surface area contributed by atoms with Crippen molar-refractivity contribution in [2.24, 2.45) is 0 Å². The highest BCUT2D eigenvalue weighted by Gasteiger charge is 2.45. The minimum Gasteiger partial charge on any atom is -0.465 e. The maximum absolute atomic E-state index is 13.8. The zero-order valence-corrected chi connectivity index (χ0v) is 20.5. The largest absolute Gasteiger partial charge is 0.465 e. The Kier molecular flexibility index (Phi) is 5.44. The molecule has 1 aliphatic heterocycles. The molecule has 1 atom stereocenters. The quantitative estimate of drug-likeness (QED) is 0.223. The molecular formula is C25H19N3O7S. The molecule has 2 aromatic heterocycles. The third-order valence-corrected chi connectivity index (χ3v) is 7.38. The molecule has 0 spiro atoms. The maximum Gasteiger partial charge on any atom is 0.350 e. The van der Waals surface area contributed by atoms with Gasteiger partial charge in [0.15, 0.2) is 10.6 Å². The number of nitro benzene ring substituents is 1. The van der Waals surface area contributed by atoms with Crippen LogP contribution in [0, 0.1) is 30.9 Å². The van der Waals surface area contributed by atoms with Crippen LogP contribution in [0.4, 0.5) is 10.8 Å². The van der Waals surface area contributed by atoms with Crippen molar-refractivity contribution >= 4 is 45.0 Å². The number of carbonyl (C=O) groups is 2. The number of ether oxygens (including phenoxy) is 1. The fourth-order valence-electron chi connectivity index (χ4n) is 4.32. The van der Waals surface area contributed by atoms with Gasteiger partial charge in [0, 0.05) is 12.1 Å². The third kappa shape index (κ3) is 3.47. The molecule has 0 saturated heterocycles. The molecule has 0 radical (unpaired) electrons. The van der Waals surface area contributed by atoms with Crippen LogP contribution in [0.3, 0.4) is 0 Å². The molecule has 1 amide bonds. The Morgan fingerprint density at radius 2 is 1.89 bits per heavy atom. The highest BCUT2D eigenvalue weighted by atomic mass is 32.1. The van der Waals surface area contributed by atoms with Gasteiger partial charge in [0.05, 0.1) is 34.7 Å². The van der Waals surface area contributed by atoms with Gasteiger partial charge in [0.2, 0.25) is 5.76 Å². The van der Waals surface area contributed by atoms with Crippen molar-refractivity contribution < 1.29 is 23.7 Å². The Morgan fingerprint density at radius 3 is 2.58 bits per heavy atom. The monoisotopic (exact) mass is 505 g/mol. The van der Waals surface area contributed by atoms with Crippen LogP contribution in [0.15, 0.2) is 45.6 Å². The number of carbonyl (C=O) groups excluding carboxylic acids is 2. The summed E-state index contributed by atoms with van der Waals surface area (Å²) < 4.78 is 10.8. The lowest BCUT2D eigenvalue weighted by atomic mass is 9.97. The van der Waals surface area contributed by atoms with Crippen LogP contribution in [-0.2, 0) is 4.74 Å². The number of hydrogen-bond donors (Lipinski definition) is 0. The number of hydrogen-bond acceptors (Lipinski definition) is 9. The molecule has 1 unspecified atom stereocenters. The molecule has 0 N–H and O–H groups in total. The van der Waals surface area contributed by atoms with Gasteiger partial charge in [0.1, 0.15) is 10.5 Å². The average molecular weight is 506 g/mol. The number of anilines is 1. The van der Waals surface area contributed by atoms with E-state index in [0.717, 1.165) is 22.5 Å². The summed E-state index contributed by atoms with van der Waals surface area (Å²) in [5, 5.41) is 11.9. The standard InChI is InChI=1S/C25H19N3O7S/c1-11-8-16-17(9-12(11)2)35-21-18(20(16)29)19(14-6-5-7-15(10-14)28(32)33)27(23(21)30)25-26-13(3)22(36-25)24(31)34-4/h5-10,19H,1-4H3. The van der Waals surface area contributed by atoms with Crippen molar-refractivity contribution in [3.05, 3.63) is 95.3 Å². The summed E-state index contributed by atoms with van der Waals surface area (Å²) in [6, 6.07) is 8.07. The molecule has 0 aliphatic carbocycles. The summed E-state index contributed by atoms with van der Waals surface area (Å²) in [5.74, 6) is -1.41. The summed E-state index contributed by atoms with van der Waals surface area (Å²) in [5.41, 5.74) is 2.16. The lowest BCUT2D eigenvalue weighted by molar-refractivity contribution is -0.384. The van der Waals surface area contributed by atoms with Gasteiger partial charge in [-0.25, -0.2) is 9.78 Å². The first kappa shape index (κ1) is 23.4. The molecule has 2 aromatic carbocycles.